The zero-order valence-electron chi connectivity index (χ0n) is 21.5. The van der Waals surface area contributed by atoms with E-state index in [2.05, 4.69) is 120 Å². The van der Waals surface area contributed by atoms with Gasteiger partial charge in [-0.15, -0.1) is 0 Å². The van der Waals surface area contributed by atoms with Crippen LogP contribution in [0.4, 0.5) is 0 Å². The maximum absolute atomic E-state index is 7.07. The van der Waals surface area contributed by atoms with Gasteiger partial charge in [-0.1, -0.05) is 87.5 Å². The molecule has 34 heavy (non-hydrogen) atoms. The van der Waals surface area contributed by atoms with Gasteiger partial charge in [0, 0.05) is 17.9 Å². The van der Waals surface area contributed by atoms with Crippen molar-refractivity contribution in [2.45, 2.75) is 71.3 Å². The Morgan fingerprint density at radius 1 is 0.824 bits per heavy atom. The van der Waals surface area contributed by atoms with Crippen LogP contribution >= 0.6 is 0 Å². The van der Waals surface area contributed by atoms with Crippen LogP contribution in [0.25, 0.3) is 0 Å². The first-order valence-corrected chi connectivity index (χ1v) is 13.9. The zero-order valence-corrected chi connectivity index (χ0v) is 22.5. The molecule has 1 saturated heterocycles. The van der Waals surface area contributed by atoms with Gasteiger partial charge >= 0.3 is 7.12 Å². The number of pyridine rings is 1. The van der Waals surface area contributed by atoms with Crippen LogP contribution in [0.5, 0.6) is 0 Å². The van der Waals surface area contributed by atoms with Gasteiger partial charge in [0.15, 0.2) is 0 Å². The van der Waals surface area contributed by atoms with Gasteiger partial charge in [0.25, 0.3) is 8.32 Å². The fraction of sp³-hybridized carbons (Fsp3) is 0.393. The van der Waals surface area contributed by atoms with Crippen molar-refractivity contribution in [2.24, 2.45) is 0 Å². The van der Waals surface area contributed by atoms with Crippen molar-refractivity contribution in [2.75, 3.05) is 0 Å². The summed E-state index contributed by atoms with van der Waals surface area (Å²) in [5, 5.41) is 2.46. The SMILES string of the molecule is CC1(C)OB(c2cncc(CO[Si](c3ccccc3)(c3ccccc3)C(C)(C)C)c2)OC1(C)C. The first kappa shape index (κ1) is 24.9. The molecule has 1 fully saturated rings. The maximum atomic E-state index is 7.07. The molecule has 2 heterocycles. The molecule has 4 rings (SSSR count). The third-order valence-electron chi connectivity index (χ3n) is 7.21. The molecule has 178 valence electrons. The van der Waals surface area contributed by atoms with Crippen molar-refractivity contribution in [1.29, 1.82) is 0 Å². The van der Waals surface area contributed by atoms with Crippen LogP contribution in [0.2, 0.25) is 5.04 Å². The van der Waals surface area contributed by atoms with Crippen molar-refractivity contribution in [1.82, 2.24) is 4.98 Å². The number of nitrogens with zero attached hydrogens (tertiary/aromatic N) is 1. The van der Waals surface area contributed by atoms with E-state index in [-0.39, 0.29) is 16.2 Å². The Kier molecular flexibility index (Phi) is 6.64. The van der Waals surface area contributed by atoms with Gasteiger partial charge in [-0.05, 0) is 48.7 Å². The second-order valence-electron chi connectivity index (χ2n) is 11.2. The monoisotopic (exact) mass is 473 g/mol. The molecular weight excluding hydrogens is 437 g/mol. The van der Waals surface area contributed by atoms with Gasteiger partial charge in [-0.3, -0.25) is 4.98 Å². The Labute approximate surface area is 206 Å². The van der Waals surface area contributed by atoms with E-state index < -0.39 is 15.4 Å². The van der Waals surface area contributed by atoms with Crippen molar-refractivity contribution in [3.63, 3.8) is 0 Å². The van der Waals surface area contributed by atoms with E-state index >= 15 is 0 Å². The predicted molar refractivity (Wildman–Crippen MR) is 142 cm³/mol. The number of rotatable bonds is 6. The Morgan fingerprint density at radius 3 is 1.79 bits per heavy atom. The summed E-state index contributed by atoms with van der Waals surface area (Å²) in [7, 11) is -3.06. The molecule has 0 radical (unpaired) electrons. The molecule has 0 atom stereocenters. The molecule has 0 bridgehead atoms. The van der Waals surface area contributed by atoms with Crippen LogP contribution in [0.15, 0.2) is 79.1 Å². The largest absolute Gasteiger partial charge is 0.496 e. The summed E-state index contributed by atoms with van der Waals surface area (Å²) >= 11 is 0. The minimum atomic E-state index is -2.62. The van der Waals surface area contributed by atoms with Gasteiger partial charge in [0.05, 0.1) is 17.8 Å². The highest BCUT2D eigenvalue weighted by atomic mass is 28.4. The van der Waals surface area contributed by atoms with Gasteiger partial charge in [0.1, 0.15) is 0 Å². The van der Waals surface area contributed by atoms with E-state index in [4.69, 9.17) is 13.7 Å². The van der Waals surface area contributed by atoms with Crippen molar-refractivity contribution in [3.8, 4) is 0 Å². The zero-order chi connectivity index (χ0) is 24.6. The fourth-order valence-electron chi connectivity index (χ4n) is 4.65. The summed E-state index contributed by atoms with van der Waals surface area (Å²) in [4.78, 5) is 4.51. The highest BCUT2D eigenvalue weighted by molar-refractivity contribution is 6.99. The smallest absolute Gasteiger partial charge is 0.403 e. The van der Waals surface area contributed by atoms with Crippen LogP contribution in [0.1, 0.15) is 54.0 Å². The van der Waals surface area contributed by atoms with E-state index in [0.29, 0.717) is 6.61 Å². The Morgan fingerprint density at radius 2 is 1.32 bits per heavy atom. The predicted octanol–water partition coefficient (Wildman–Crippen LogP) is 4.46. The normalized spacial score (nSPS) is 17.7. The van der Waals surface area contributed by atoms with E-state index in [9.17, 15) is 0 Å². The van der Waals surface area contributed by atoms with Crippen LogP contribution in [0.3, 0.4) is 0 Å². The Bertz CT molecular complexity index is 1060. The molecule has 2 aromatic carbocycles. The molecule has 1 aliphatic rings. The highest BCUT2D eigenvalue weighted by Crippen LogP contribution is 2.38. The van der Waals surface area contributed by atoms with Crippen molar-refractivity contribution < 1.29 is 13.7 Å². The maximum Gasteiger partial charge on any atom is 0.496 e. The third kappa shape index (κ3) is 4.52. The van der Waals surface area contributed by atoms with Crippen LogP contribution in [-0.4, -0.2) is 31.6 Å². The minimum absolute atomic E-state index is 0.0769. The second-order valence-corrected chi connectivity index (χ2v) is 15.5. The summed E-state index contributed by atoms with van der Waals surface area (Å²) in [5.74, 6) is 0. The Hall–Kier alpha value is -2.25. The van der Waals surface area contributed by atoms with Gasteiger partial charge < -0.3 is 13.7 Å². The standard InChI is InChI=1S/C28H36BNO3Si/c1-26(2,3)34(24-14-10-8-11-15-24,25-16-12-9-13-17-25)31-21-22-18-23(20-30-19-22)29-32-27(4,5)28(6,7)33-29/h8-20H,21H2,1-7H3. The van der Waals surface area contributed by atoms with Gasteiger partial charge in [0.2, 0.25) is 0 Å². The van der Waals surface area contributed by atoms with Crippen LogP contribution in [0, 0.1) is 0 Å². The second kappa shape index (κ2) is 9.08. The lowest BCUT2D eigenvalue weighted by Crippen LogP contribution is -2.66. The van der Waals surface area contributed by atoms with Gasteiger partial charge in [-0.2, -0.15) is 0 Å². The van der Waals surface area contributed by atoms with Crippen molar-refractivity contribution in [3.05, 3.63) is 84.7 Å². The minimum Gasteiger partial charge on any atom is -0.403 e. The summed E-state index contributed by atoms with van der Waals surface area (Å²) in [6, 6.07) is 23.5. The molecule has 1 aliphatic heterocycles. The Balaban J connectivity index is 1.68. The average Bonchev–Trinajstić information content (AvgIpc) is 3.02. The highest BCUT2D eigenvalue weighted by Gasteiger charge is 2.52. The topological polar surface area (TPSA) is 40.6 Å². The molecular formula is C28H36BNO3Si. The number of hydrogen-bond donors (Lipinski definition) is 0. The molecule has 0 spiro atoms. The molecule has 0 unspecified atom stereocenters. The number of benzene rings is 2. The summed E-state index contributed by atoms with van der Waals surface area (Å²) in [6.07, 6.45) is 3.71. The molecule has 3 aromatic rings. The van der Waals surface area contributed by atoms with E-state index in [1.54, 1.807) is 0 Å². The van der Waals surface area contributed by atoms with E-state index in [0.717, 1.165) is 11.0 Å². The molecule has 6 heteroatoms. The molecule has 0 N–H and O–H groups in total. The molecule has 0 saturated carbocycles. The lowest BCUT2D eigenvalue weighted by atomic mass is 9.80. The van der Waals surface area contributed by atoms with Gasteiger partial charge in [-0.25, -0.2) is 0 Å². The number of hydrogen-bond acceptors (Lipinski definition) is 4. The average molecular weight is 473 g/mol. The molecule has 0 amide bonds. The third-order valence-corrected chi connectivity index (χ3v) is 12.2. The number of aromatic nitrogens is 1. The first-order chi connectivity index (χ1) is 16.0. The first-order valence-electron chi connectivity index (χ1n) is 12.0. The summed E-state index contributed by atoms with van der Waals surface area (Å²) < 4.78 is 19.6. The van der Waals surface area contributed by atoms with E-state index in [1.807, 2.05) is 12.4 Å². The lowest BCUT2D eigenvalue weighted by Gasteiger charge is -2.43. The van der Waals surface area contributed by atoms with Crippen molar-refractivity contribution >= 4 is 31.3 Å². The molecule has 0 aliphatic carbocycles. The van der Waals surface area contributed by atoms with E-state index in [1.165, 1.54) is 10.4 Å². The van der Waals surface area contributed by atoms with Crippen LogP contribution in [-0.2, 0) is 20.3 Å². The molecule has 4 nitrogen and oxygen atoms in total. The van der Waals surface area contributed by atoms with Crippen LogP contribution < -0.4 is 15.8 Å². The molecule has 1 aromatic heterocycles. The summed E-state index contributed by atoms with van der Waals surface area (Å²) in [5.41, 5.74) is 1.15. The fourth-order valence-corrected chi connectivity index (χ4v) is 9.19. The quantitative estimate of drug-likeness (QED) is 0.496. The summed E-state index contributed by atoms with van der Waals surface area (Å²) in [6.45, 7) is 15.6. The lowest BCUT2D eigenvalue weighted by molar-refractivity contribution is 0.00578.